The van der Waals surface area contributed by atoms with E-state index in [-0.39, 0.29) is 5.91 Å². The van der Waals surface area contributed by atoms with Crippen LogP contribution in [0.3, 0.4) is 0 Å². The lowest BCUT2D eigenvalue weighted by atomic mass is 10.2. The van der Waals surface area contributed by atoms with Gasteiger partial charge in [0.1, 0.15) is 6.04 Å². The number of aromatic nitrogens is 3. The van der Waals surface area contributed by atoms with Gasteiger partial charge in [0, 0.05) is 12.3 Å². The number of anilines is 2. The van der Waals surface area contributed by atoms with Gasteiger partial charge < -0.3 is 9.84 Å². The Balaban J connectivity index is 1.56. The zero-order valence-electron chi connectivity index (χ0n) is 13.6. The van der Waals surface area contributed by atoms with Gasteiger partial charge in [0.05, 0.1) is 24.1 Å². The highest BCUT2D eigenvalue weighted by atomic mass is 16.5. The largest absolute Gasteiger partial charge is 0.371 e. The Labute approximate surface area is 139 Å². The normalized spacial score (nSPS) is 11.9. The van der Waals surface area contributed by atoms with Crippen LogP contribution in [0.15, 0.2) is 53.3 Å². The molecule has 0 aliphatic carbocycles. The summed E-state index contributed by atoms with van der Waals surface area (Å²) in [4.78, 5) is 12.1. The van der Waals surface area contributed by atoms with Crippen LogP contribution in [0.5, 0.6) is 0 Å². The van der Waals surface area contributed by atoms with Crippen LogP contribution < -0.4 is 10.6 Å². The number of nitrogens with zero attached hydrogens (tertiary/aromatic N) is 3. The van der Waals surface area contributed by atoms with E-state index < -0.39 is 6.04 Å². The van der Waals surface area contributed by atoms with Gasteiger partial charge in [0.15, 0.2) is 0 Å². The van der Waals surface area contributed by atoms with Crippen molar-refractivity contribution in [3.8, 4) is 0 Å². The van der Waals surface area contributed by atoms with E-state index in [0.717, 1.165) is 5.69 Å². The van der Waals surface area contributed by atoms with Crippen molar-refractivity contribution >= 4 is 17.5 Å². The Morgan fingerprint density at radius 3 is 2.83 bits per heavy atom. The van der Waals surface area contributed by atoms with Gasteiger partial charge in [-0.1, -0.05) is 35.5 Å². The fourth-order valence-electron chi connectivity index (χ4n) is 2.26. The molecule has 0 aliphatic heterocycles. The summed E-state index contributed by atoms with van der Waals surface area (Å²) < 4.78 is 6.80. The number of nitrogens with one attached hydrogen (secondary N) is 2. The maximum atomic E-state index is 12.1. The average molecular weight is 325 g/mol. The molecule has 0 radical (unpaired) electrons. The van der Waals surface area contributed by atoms with Crippen LogP contribution in [-0.4, -0.2) is 26.9 Å². The van der Waals surface area contributed by atoms with E-state index >= 15 is 0 Å². The molecule has 2 heterocycles. The second-order valence-corrected chi connectivity index (χ2v) is 5.60. The quantitative estimate of drug-likeness (QED) is 0.728. The number of aryl methyl sites for hydroxylation is 1. The molecule has 0 saturated heterocycles. The Kier molecular flexibility index (Phi) is 4.60. The average Bonchev–Trinajstić information content (AvgIpc) is 3.17. The van der Waals surface area contributed by atoms with Crippen LogP contribution in [0.4, 0.5) is 11.6 Å². The first-order chi connectivity index (χ1) is 11.6. The highest BCUT2D eigenvalue weighted by Gasteiger charge is 2.15. The van der Waals surface area contributed by atoms with Crippen molar-refractivity contribution in [1.29, 1.82) is 0 Å². The van der Waals surface area contributed by atoms with Gasteiger partial charge in [0.2, 0.25) is 11.8 Å². The first-order valence-electron chi connectivity index (χ1n) is 7.67. The zero-order chi connectivity index (χ0) is 16.9. The van der Waals surface area contributed by atoms with E-state index in [0.29, 0.717) is 18.1 Å². The Bertz CT molecular complexity index is 809. The maximum absolute atomic E-state index is 12.1. The predicted octanol–water partition coefficient (Wildman–Crippen LogP) is 2.67. The molecule has 0 aliphatic rings. The van der Waals surface area contributed by atoms with E-state index in [9.17, 15) is 4.79 Å². The molecule has 1 unspecified atom stereocenters. The van der Waals surface area contributed by atoms with Gasteiger partial charge in [-0.15, -0.1) is 0 Å². The van der Waals surface area contributed by atoms with Crippen molar-refractivity contribution < 1.29 is 9.32 Å². The zero-order valence-corrected chi connectivity index (χ0v) is 13.6. The summed E-state index contributed by atoms with van der Waals surface area (Å²) in [5.41, 5.74) is 2.66. The predicted molar refractivity (Wildman–Crippen MR) is 90.7 cm³/mol. The number of carbonyl (C=O) groups is 1. The van der Waals surface area contributed by atoms with Gasteiger partial charge >= 0.3 is 0 Å². The van der Waals surface area contributed by atoms with E-state index in [1.165, 1.54) is 5.56 Å². The first kappa shape index (κ1) is 15.8. The third-order valence-corrected chi connectivity index (χ3v) is 3.47. The van der Waals surface area contributed by atoms with Crippen molar-refractivity contribution in [2.45, 2.75) is 26.4 Å². The highest BCUT2D eigenvalue weighted by molar-refractivity contribution is 5.95. The number of rotatable bonds is 6. The molecule has 3 aromatic rings. The molecule has 3 rings (SSSR count). The number of hydrogen-bond donors (Lipinski definition) is 2. The molecule has 7 heteroatoms. The molecule has 0 bridgehead atoms. The lowest BCUT2D eigenvalue weighted by Gasteiger charge is -2.12. The van der Waals surface area contributed by atoms with Crippen molar-refractivity contribution in [3.05, 3.63) is 60.0 Å². The van der Waals surface area contributed by atoms with Gasteiger partial charge in [-0.3, -0.25) is 14.8 Å². The summed E-state index contributed by atoms with van der Waals surface area (Å²) >= 11 is 0. The van der Waals surface area contributed by atoms with Crippen LogP contribution in [0.2, 0.25) is 0 Å². The molecule has 124 valence electrons. The Hall–Kier alpha value is -3.09. The molecular formula is C17H19N5O2. The van der Waals surface area contributed by atoms with Crippen molar-refractivity contribution in [2.24, 2.45) is 0 Å². The number of hydrogen-bond acceptors (Lipinski definition) is 5. The van der Waals surface area contributed by atoms with Crippen LogP contribution in [0.25, 0.3) is 0 Å². The second kappa shape index (κ2) is 6.99. The van der Waals surface area contributed by atoms with Gasteiger partial charge in [-0.05, 0) is 19.4 Å². The molecule has 2 N–H and O–H groups in total. The SMILES string of the molecule is Cc1cc(NC(=O)C(C)Nc2cnn(Cc3ccccc3)c2)on1. The van der Waals surface area contributed by atoms with Gasteiger partial charge in [-0.25, -0.2) is 0 Å². The minimum absolute atomic E-state index is 0.207. The second-order valence-electron chi connectivity index (χ2n) is 5.60. The molecule has 0 saturated carbocycles. The number of benzene rings is 1. The molecular weight excluding hydrogens is 306 g/mol. The lowest BCUT2D eigenvalue weighted by molar-refractivity contribution is -0.116. The smallest absolute Gasteiger partial charge is 0.248 e. The summed E-state index contributed by atoms with van der Waals surface area (Å²) in [5.74, 6) is 0.132. The minimum Gasteiger partial charge on any atom is -0.371 e. The van der Waals surface area contributed by atoms with Crippen LogP contribution in [-0.2, 0) is 11.3 Å². The number of carbonyl (C=O) groups excluding carboxylic acids is 1. The van der Waals surface area contributed by atoms with Crippen molar-refractivity contribution in [3.63, 3.8) is 0 Å². The van der Waals surface area contributed by atoms with Crippen LogP contribution >= 0.6 is 0 Å². The third-order valence-electron chi connectivity index (χ3n) is 3.47. The van der Waals surface area contributed by atoms with Crippen molar-refractivity contribution in [2.75, 3.05) is 10.6 Å². The molecule has 0 spiro atoms. The fraction of sp³-hybridized carbons (Fsp3) is 0.235. The van der Waals surface area contributed by atoms with Crippen LogP contribution in [0.1, 0.15) is 18.2 Å². The molecule has 7 nitrogen and oxygen atoms in total. The molecule has 1 amide bonds. The summed E-state index contributed by atoms with van der Waals surface area (Å²) in [7, 11) is 0. The van der Waals surface area contributed by atoms with E-state index in [1.54, 1.807) is 26.1 Å². The highest BCUT2D eigenvalue weighted by Crippen LogP contribution is 2.12. The Morgan fingerprint density at radius 1 is 1.33 bits per heavy atom. The Morgan fingerprint density at radius 2 is 2.12 bits per heavy atom. The van der Waals surface area contributed by atoms with Gasteiger partial charge in [-0.2, -0.15) is 5.10 Å². The summed E-state index contributed by atoms with van der Waals surface area (Å²) in [6.45, 7) is 4.25. The monoisotopic (exact) mass is 325 g/mol. The summed E-state index contributed by atoms with van der Waals surface area (Å²) in [5, 5.41) is 13.8. The van der Waals surface area contributed by atoms with Gasteiger partial charge in [0.25, 0.3) is 0 Å². The fourth-order valence-corrected chi connectivity index (χ4v) is 2.26. The first-order valence-corrected chi connectivity index (χ1v) is 7.67. The third kappa shape index (κ3) is 4.01. The number of amides is 1. The molecule has 1 atom stereocenters. The minimum atomic E-state index is -0.440. The topological polar surface area (TPSA) is 85.0 Å². The van der Waals surface area contributed by atoms with E-state index in [1.807, 2.05) is 41.2 Å². The van der Waals surface area contributed by atoms with E-state index in [2.05, 4.69) is 20.9 Å². The van der Waals surface area contributed by atoms with Crippen molar-refractivity contribution in [1.82, 2.24) is 14.9 Å². The summed E-state index contributed by atoms with van der Waals surface area (Å²) in [6.07, 6.45) is 3.57. The molecule has 1 aromatic carbocycles. The maximum Gasteiger partial charge on any atom is 0.248 e. The summed E-state index contributed by atoms with van der Waals surface area (Å²) in [6, 6.07) is 11.3. The van der Waals surface area contributed by atoms with Crippen LogP contribution in [0, 0.1) is 6.92 Å². The van der Waals surface area contributed by atoms with E-state index in [4.69, 9.17) is 4.52 Å². The lowest BCUT2D eigenvalue weighted by Crippen LogP contribution is -2.31. The molecule has 0 fully saturated rings. The standard InChI is InChI=1S/C17H19N5O2/c1-12-8-16(24-21-12)20-17(23)13(2)19-15-9-18-22(11-15)10-14-6-4-3-5-7-14/h3-9,11,13,19H,10H2,1-2H3,(H,20,23). The molecule has 24 heavy (non-hydrogen) atoms. The molecule has 2 aromatic heterocycles.